The van der Waals surface area contributed by atoms with Crippen molar-refractivity contribution >= 4 is 22.8 Å². The summed E-state index contributed by atoms with van der Waals surface area (Å²) in [6.45, 7) is 4.92. The standard InChI is InChI=1S/C24H25FN4O4/c1-14-15(2)27-22-19(11-16(25)12-20(22)26-14)24(31)29-9-7-28(8-10-29)23(30)18-6-5-17(32-3)13-21(18)33-4/h5-6,11-13H,7-10H2,1-4H3. The lowest BCUT2D eigenvalue weighted by Crippen LogP contribution is -2.50. The number of nitrogens with zero attached hydrogens (tertiary/aromatic N) is 4. The van der Waals surface area contributed by atoms with E-state index >= 15 is 0 Å². The van der Waals surface area contributed by atoms with Crippen molar-refractivity contribution in [1.29, 1.82) is 0 Å². The SMILES string of the molecule is COc1ccc(C(=O)N2CCN(C(=O)c3cc(F)cc4nc(C)c(C)nc34)CC2)c(OC)c1. The molecule has 1 saturated heterocycles. The maximum absolute atomic E-state index is 14.2. The fourth-order valence-electron chi connectivity index (χ4n) is 3.89. The second-order valence-electron chi connectivity index (χ2n) is 7.87. The van der Waals surface area contributed by atoms with Gasteiger partial charge in [0.1, 0.15) is 22.8 Å². The number of methoxy groups -OCH3 is 2. The van der Waals surface area contributed by atoms with Crippen molar-refractivity contribution in [3.8, 4) is 11.5 Å². The van der Waals surface area contributed by atoms with Crippen LogP contribution in [0.4, 0.5) is 4.39 Å². The molecule has 0 bridgehead atoms. The molecule has 0 N–H and O–H groups in total. The van der Waals surface area contributed by atoms with Gasteiger partial charge in [-0.3, -0.25) is 9.59 Å². The number of aromatic nitrogens is 2. The third-order valence-corrected chi connectivity index (χ3v) is 5.87. The second-order valence-corrected chi connectivity index (χ2v) is 7.87. The first-order valence-corrected chi connectivity index (χ1v) is 10.6. The van der Waals surface area contributed by atoms with Gasteiger partial charge in [-0.15, -0.1) is 0 Å². The topological polar surface area (TPSA) is 84.9 Å². The average Bonchev–Trinajstić information content (AvgIpc) is 2.83. The molecule has 1 aliphatic heterocycles. The van der Waals surface area contributed by atoms with E-state index in [9.17, 15) is 14.0 Å². The van der Waals surface area contributed by atoms with Crippen LogP contribution >= 0.6 is 0 Å². The van der Waals surface area contributed by atoms with Crippen molar-refractivity contribution in [3.63, 3.8) is 0 Å². The Morgan fingerprint density at radius 3 is 2.06 bits per heavy atom. The fourth-order valence-corrected chi connectivity index (χ4v) is 3.89. The summed E-state index contributed by atoms with van der Waals surface area (Å²) in [5, 5.41) is 0. The summed E-state index contributed by atoms with van der Waals surface area (Å²) < 4.78 is 24.8. The lowest BCUT2D eigenvalue weighted by Gasteiger charge is -2.35. The van der Waals surface area contributed by atoms with Gasteiger partial charge in [0.2, 0.25) is 0 Å². The van der Waals surface area contributed by atoms with Crippen LogP contribution in [0.3, 0.4) is 0 Å². The van der Waals surface area contributed by atoms with Gasteiger partial charge < -0.3 is 19.3 Å². The number of piperazine rings is 1. The van der Waals surface area contributed by atoms with Crippen LogP contribution in [0.1, 0.15) is 32.1 Å². The Hall–Kier alpha value is -3.75. The van der Waals surface area contributed by atoms with Gasteiger partial charge in [-0.2, -0.15) is 0 Å². The van der Waals surface area contributed by atoms with Crippen molar-refractivity contribution < 1.29 is 23.5 Å². The average molecular weight is 452 g/mol. The molecule has 172 valence electrons. The first kappa shape index (κ1) is 22.4. The van der Waals surface area contributed by atoms with Gasteiger partial charge in [0, 0.05) is 38.3 Å². The van der Waals surface area contributed by atoms with Crippen molar-refractivity contribution in [2.75, 3.05) is 40.4 Å². The van der Waals surface area contributed by atoms with Crippen molar-refractivity contribution in [2.45, 2.75) is 13.8 Å². The van der Waals surface area contributed by atoms with E-state index in [1.807, 2.05) is 0 Å². The van der Waals surface area contributed by atoms with Crippen molar-refractivity contribution in [3.05, 3.63) is 58.7 Å². The minimum Gasteiger partial charge on any atom is -0.497 e. The van der Waals surface area contributed by atoms with E-state index in [-0.39, 0.29) is 17.4 Å². The maximum Gasteiger partial charge on any atom is 0.257 e. The highest BCUT2D eigenvalue weighted by Gasteiger charge is 2.28. The number of rotatable bonds is 4. The summed E-state index contributed by atoms with van der Waals surface area (Å²) in [5.74, 6) is -0.0345. The summed E-state index contributed by atoms with van der Waals surface area (Å²) in [7, 11) is 3.04. The molecule has 1 aliphatic rings. The molecular formula is C24H25FN4O4. The number of fused-ring (bicyclic) bond motifs is 1. The van der Waals surface area contributed by atoms with E-state index in [1.54, 1.807) is 49.0 Å². The van der Waals surface area contributed by atoms with E-state index < -0.39 is 5.82 Å². The molecule has 33 heavy (non-hydrogen) atoms. The van der Waals surface area contributed by atoms with E-state index in [0.717, 1.165) is 0 Å². The van der Waals surface area contributed by atoms with Crippen LogP contribution in [0.25, 0.3) is 11.0 Å². The number of amides is 2. The smallest absolute Gasteiger partial charge is 0.257 e. The summed E-state index contributed by atoms with van der Waals surface area (Å²) in [4.78, 5) is 38.4. The highest BCUT2D eigenvalue weighted by molar-refractivity contribution is 6.05. The number of carbonyl (C=O) groups is 2. The minimum absolute atomic E-state index is 0.178. The molecule has 0 radical (unpaired) electrons. The van der Waals surface area contributed by atoms with Gasteiger partial charge in [0.15, 0.2) is 0 Å². The van der Waals surface area contributed by atoms with Gasteiger partial charge >= 0.3 is 0 Å². The van der Waals surface area contributed by atoms with Gasteiger partial charge in [-0.05, 0) is 32.0 Å². The molecule has 9 heteroatoms. The molecule has 0 saturated carbocycles. The molecule has 0 spiro atoms. The highest BCUT2D eigenvalue weighted by Crippen LogP contribution is 2.27. The molecule has 1 fully saturated rings. The van der Waals surface area contributed by atoms with E-state index in [0.29, 0.717) is 65.7 Å². The quantitative estimate of drug-likeness (QED) is 0.605. The second kappa shape index (κ2) is 9.01. The van der Waals surface area contributed by atoms with Crippen LogP contribution in [0.2, 0.25) is 0 Å². The van der Waals surface area contributed by atoms with Gasteiger partial charge in [-0.1, -0.05) is 0 Å². The summed E-state index contributed by atoms with van der Waals surface area (Å²) in [6.07, 6.45) is 0. The molecule has 0 unspecified atom stereocenters. The van der Waals surface area contributed by atoms with Crippen molar-refractivity contribution in [1.82, 2.24) is 19.8 Å². The van der Waals surface area contributed by atoms with Crippen molar-refractivity contribution in [2.24, 2.45) is 0 Å². The monoisotopic (exact) mass is 452 g/mol. The predicted molar refractivity (Wildman–Crippen MR) is 120 cm³/mol. The maximum atomic E-state index is 14.2. The Kier molecular flexibility index (Phi) is 6.13. The molecule has 1 aromatic heterocycles. The lowest BCUT2D eigenvalue weighted by atomic mass is 10.1. The number of aryl methyl sites for hydroxylation is 2. The third kappa shape index (κ3) is 4.30. The molecule has 2 amide bonds. The van der Waals surface area contributed by atoms with Crippen LogP contribution in [0.5, 0.6) is 11.5 Å². The Morgan fingerprint density at radius 2 is 1.45 bits per heavy atom. The summed E-state index contributed by atoms with van der Waals surface area (Å²) in [5.41, 5.74) is 2.71. The number of halogens is 1. The zero-order valence-corrected chi connectivity index (χ0v) is 19.0. The number of benzene rings is 2. The Labute approximate surface area is 190 Å². The summed E-state index contributed by atoms with van der Waals surface area (Å²) >= 11 is 0. The normalized spacial score (nSPS) is 13.8. The summed E-state index contributed by atoms with van der Waals surface area (Å²) in [6, 6.07) is 7.51. The van der Waals surface area contributed by atoms with Crippen LogP contribution < -0.4 is 9.47 Å². The highest BCUT2D eigenvalue weighted by atomic mass is 19.1. The Morgan fingerprint density at radius 1 is 0.848 bits per heavy atom. The van der Waals surface area contributed by atoms with E-state index in [1.165, 1.54) is 19.2 Å². The minimum atomic E-state index is -0.538. The predicted octanol–water partition coefficient (Wildman–Crippen LogP) is 3.00. The van der Waals surface area contributed by atoms with E-state index in [2.05, 4.69) is 9.97 Å². The first-order chi connectivity index (χ1) is 15.8. The molecule has 0 aliphatic carbocycles. The number of hydrogen-bond donors (Lipinski definition) is 0. The largest absolute Gasteiger partial charge is 0.497 e. The molecule has 8 nitrogen and oxygen atoms in total. The zero-order chi connectivity index (χ0) is 23.7. The van der Waals surface area contributed by atoms with Crippen LogP contribution in [0.15, 0.2) is 30.3 Å². The number of ether oxygens (including phenoxy) is 2. The van der Waals surface area contributed by atoms with Gasteiger partial charge in [-0.25, -0.2) is 14.4 Å². The van der Waals surface area contributed by atoms with Crippen LogP contribution in [-0.4, -0.2) is 72.0 Å². The Bertz CT molecular complexity index is 1240. The lowest BCUT2D eigenvalue weighted by molar-refractivity contribution is 0.0534. The van der Waals surface area contributed by atoms with Gasteiger partial charge in [0.05, 0.1) is 42.3 Å². The molecular weight excluding hydrogens is 427 g/mol. The van der Waals surface area contributed by atoms with Crippen LogP contribution in [-0.2, 0) is 0 Å². The fraction of sp³-hybridized carbons (Fsp3) is 0.333. The number of hydrogen-bond acceptors (Lipinski definition) is 6. The Balaban J connectivity index is 1.52. The molecule has 3 aromatic rings. The molecule has 2 aromatic carbocycles. The zero-order valence-electron chi connectivity index (χ0n) is 19.0. The molecule has 2 heterocycles. The molecule has 0 atom stereocenters. The van der Waals surface area contributed by atoms with Gasteiger partial charge in [0.25, 0.3) is 11.8 Å². The number of carbonyl (C=O) groups excluding carboxylic acids is 2. The van der Waals surface area contributed by atoms with E-state index in [4.69, 9.17) is 9.47 Å². The third-order valence-electron chi connectivity index (χ3n) is 5.87. The molecule has 4 rings (SSSR count). The van der Waals surface area contributed by atoms with Crippen LogP contribution in [0, 0.1) is 19.7 Å². The first-order valence-electron chi connectivity index (χ1n) is 10.6.